The van der Waals surface area contributed by atoms with Gasteiger partial charge in [-0.25, -0.2) is 0 Å². The number of hydrogen-bond donors (Lipinski definition) is 1. The monoisotopic (exact) mass is 380 g/mol. The summed E-state index contributed by atoms with van der Waals surface area (Å²) in [6, 6.07) is 19.3. The maximum absolute atomic E-state index is 11.9. The van der Waals surface area contributed by atoms with Gasteiger partial charge < -0.3 is 10.0 Å². The lowest BCUT2D eigenvalue weighted by Crippen LogP contribution is -2.52. The Morgan fingerprint density at radius 2 is 1.68 bits per heavy atom. The SMILES string of the molecule is CC(C)(C)N1O[C@H](c2ccccc2)[C@H]2CN(C=O)[C@H]([C@@H](O)c3ccccc3)[C@H]21. The lowest BCUT2D eigenvalue weighted by atomic mass is 9.86. The van der Waals surface area contributed by atoms with E-state index >= 15 is 0 Å². The van der Waals surface area contributed by atoms with Gasteiger partial charge in [-0.05, 0) is 31.9 Å². The van der Waals surface area contributed by atoms with E-state index in [9.17, 15) is 9.90 Å². The highest BCUT2D eigenvalue weighted by atomic mass is 16.7. The predicted molar refractivity (Wildman–Crippen MR) is 107 cm³/mol. The average molecular weight is 380 g/mol. The fourth-order valence-electron chi connectivity index (χ4n) is 4.67. The minimum atomic E-state index is -0.774. The largest absolute Gasteiger partial charge is 0.386 e. The summed E-state index contributed by atoms with van der Waals surface area (Å²) in [6.45, 7) is 6.88. The van der Waals surface area contributed by atoms with E-state index < -0.39 is 6.10 Å². The quantitative estimate of drug-likeness (QED) is 0.827. The van der Waals surface area contributed by atoms with Crippen LogP contribution in [0.15, 0.2) is 60.7 Å². The molecular formula is C23H28N2O3. The van der Waals surface area contributed by atoms with E-state index in [1.165, 1.54) is 0 Å². The van der Waals surface area contributed by atoms with Crippen LogP contribution < -0.4 is 0 Å². The van der Waals surface area contributed by atoms with Crippen molar-refractivity contribution in [2.45, 2.75) is 50.6 Å². The van der Waals surface area contributed by atoms with E-state index in [1.54, 1.807) is 4.90 Å². The van der Waals surface area contributed by atoms with Gasteiger partial charge in [0.1, 0.15) is 12.2 Å². The molecule has 0 bridgehead atoms. The lowest BCUT2D eigenvalue weighted by Gasteiger charge is -2.40. The highest BCUT2D eigenvalue weighted by molar-refractivity contribution is 5.50. The first-order valence-corrected chi connectivity index (χ1v) is 9.87. The van der Waals surface area contributed by atoms with Crippen molar-refractivity contribution in [3.63, 3.8) is 0 Å². The van der Waals surface area contributed by atoms with E-state index in [0.717, 1.165) is 17.5 Å². The van der Waals surface area contributed by atoms with Gasteiger partial charge in [0, 0.05) is 18.0 Å². The third-order valence-electron chi connectivity index (χ3n) is 5.87. The number of aliphatic hydroxyl groups excluding tert-OH is 1. The van der Waals surface area contributed by atoms with Crippen molar-refractivity contribution in [2.75, 3.05) is 6.54 Å². The Balaban J connectivity index is 1.74. The molecule has 1 N–H and O–H groups in total. The summed E-state index contributed by atoms with van der Waals surface area (Å²) in [6.07, 6.45) is -0.0388. The maximum atomic E-state index is 11.9. The highest BCUT2D eigenvalue weighted by Gasteiger charge is 2.58. The average Bonchev–Trinajstić information content (AvgIpc) is 3.25. The minimum Gasteiger partial charge on any atom is -0.386 e. The Bertz CT molecular complexity index is 806. The molecule has 0 unspecified atom stereocenters. The van der Waals surface area contributed by atoms with Crippen LogP contribution in [0.5, 0.6) is 0 Å². The molecule has 5 heteroatoms. The molecule has 0 saturated carbocycles. The van der Waals surface area contributed by atoms with Crippen molar-refractivity contribution < 1.29 is 14.7 Å². The molecule has 2 aliphatic rings. The molecule has 2 aliphatic heterocycles. The number of benzene rings is 2. The zero-order chi connectivity index (χ0) is 19.9. The summed E-state index contributed by atoms with van der Waals surface area (Å²) in [5.41, 5.74) is 1.65. The van der Waals surface area contributed by atoms with Gasteiger partial charge in [-0.3, -0.25) is 9.63 Å². The van der Waals surface area contributed by atoms with E-state index in [2.05, 4.69) is 32.9 Å². The molecule has 0 radical (unpaired) electrons. The van der Waals surface area contributed by atoms with Crippen LogP contribution in [0, 0.1) is 5.92 Å². The highest BCUT2D eigenvalue weighted by Crippen LogP contribution is 2.50. The number of nitrogens with zero attached hydrogens (tertiary/aromatic N) is 2. The van der Waals surface area contributed by atoms with Gasteiger partial charge in [0.05, 0.1) is 12.1 Å². The Hall–Kier alpha value is -2.21. The van der Waals surface area contributed by atoms with Gasteiger partial charge in [0.2, 0.25) is 6.41 Å². The van der Waals surface area contributed by atoms with Gasteiger partial charge in [0.25, 0.3) is 0 Å². The van der Waals surface area contributed by atoms with Crippen LogP contribution in [-0.4, -0.2) is 45.6 Å². The second-order valence-corrected chi connectivity index (χ2v) is 8.74. The minimum absolute atomic E-state index is 0.0920. The fourth-order valence-corrected chi connectivity index (χ4v) is 4.67. The molecule has 2 saturated heterocycles. The molecule has 148 valence electrons. The number of likely N-dealkylation sites (tertiary alicyclic amines) is 1. The molecule has 0 aromatic heterocycles. The van der Waals surface area contributed by atoms with E-state index in [4.69, 9.17) is 4.84 Å². The van der Waals surface area contributed by atoms with Gasteiger partial charge in [0.15, 0.2) is 0 Å². The van der Waals surface area contributed by atoms with Crippen LogP contribution in [0.1, 0.15) is 44.1 Å². The van der Waals surface area contributed by atoms with Crippen LogP contribution in [0.3, 0.4) is 0 Å². The Labute approximate surface area is 166 Å². The molecule has 2 aromatic carbocycles. The number of amides is 1. The molecular weight excluding hydrogens is 352 g/mol. The summed E-state index contributed by atoms with van der Waals surface area (Å²) in [7, 11) is 0. The molecule has 0 aliphatic carbocycles. The molecule has 2 heterocycles. The number of aliphatic hydroxyl groups is 1. The molecule has 2 fully saturated rings. The van der Waals surface area contributed by atoms with Crippen molar-refractivity contribution >= 4 is 6.41 Å². The van der Waals surface area contributed by atoms with E-state index in [0.29, 0.717) is 6.54 Å². The Morgan fingerprint density at radius 3 is 2.25 bits per heavy atom. The van der Waals surface area contributed by atoms with Crippen molar-refractivity contribution in [1.82, 2.24) is 9.96 Å². The molecule has 2 aromatic rings. The standard InChI is InChI=1S/C23H28N2O3/c1-23(2,3)25-19-18(22(28-25)17-12-8-5-9-13-17)14-24(15-26)20(19)21(27)16-10-6-4-7-11-16/h4-13,15,18-22,27H,14H2,1-3H3/t18-,19-,20-,21-,22+/m0/s1. The Kier molecular flexibility index (Phi) is 5.00. The molecule has 4 rings (SSSR count). The zero-order valence-corrected chi connectivity index (χ0v) is 16.6. The molecule has 5 atom stereocenters. The first-order valence-electron chi connectivity index (χ1n) is 9.87. The number of carbonyl (C=O) groups is 1. The first-order chi connectivity index (χ1) is 13.4. The van der Waals surface area contributed by atoms with E-state index in [-0.39, 0.29) is 29.6 Å². The molecule has 0 spiro atoms. The number of fused-ring (bicyclic) bond motifs is 1. The van der Waals surface area contributed by atoms with Crippen LogP contribution in [0.25, 0.3) is 0 Å². The number of rotatable bonds is 4. The van der Waals surface area contributed by atoms with Gasteiger partial charge in [-0.2, -0.15) is 5.06 Å². The third kappa shape index (κ3) is 3.24. The normalized spacial score (nSPS) is 28.9. The maximum Gasteiger partial charge on any atom is 0.210 e. The van der Waals surface area contributed by atoms with Crippen molar-refractivity contribution in [1.29, 1.82) is 0 Å². The topological polar surface area (TPSA) is 53.0 Å². The second-order valence-electron chi connectivity index (χ2n) is 8.74. The van der Waals surface area contributed by atoms with Gasteiger partial charge >= 0.3 is 0 Å². The summed E-state index contributed by atoms with van der Waals surface area (Å²) >= 11 is 0. The Morgan fingerprint density at radius 1 is 1.07 bits per heavy atom. The number of hydrogen-bond acceptors (Lipinski definition) is 4. The van der Waals surface area contributed by atoms with Crippen LogP contribution >= 0.6 is 0 Å². The lowest BCUT2D eigenvalue weighted by molar-refractivity contribution is -0.226. The summed E-state index contributed by atoms with van der Waals surface area (Å²) in [5.74, 6) is 0.0928. The second kappa shape index (κ2) is 7.32. The van der Waals surface area contributed by atoms with Crippen molar-refractivity contribution in [3.8, 4) is 0 Å². The van der Waals surface area contributed by atoms with Crippen molar-refractivity contribution in [3.05, 3.63) is 71.8 Å². The van der Waals surface area contributed by atoms with Crippen LogP contribution in [0.2, 0.25) is 0 Å². The van der Waals surface area contributed by atoms with E-state index in [1.807, 2.05) is 53.6 Å². The van der Waals surface area contributed by atoms with Crippen LogP contribution in [-0.2, 0) is 9.63 Å². The molecule has 1 amide bonds. The first kappa shape index (κ1) is 19.1. The third-order valence-corrected chi connectivity index (χ3v) is 5.87. The summed E-state index contributed by atoms with van der Waals surface area (Å²) in [5, 5.41) is 13.2. The number of carbonyl (C=O) groups excluding carboxylic acids is 1. The predicted octanol–water partition coefficient (Wildman–Crippen LogP) is 3.33. The summed E-state index contributed by atoms with van der Waals surface area (Å²) < 4.78 is 0. The van der Waals surface area contributed by atoms with Crippen LogP contribution in [0.4, 0.5) is 0 Å². The fraction of sp³-hybridized carbons (Fsp3) is 0.435. The zero-order valence-electron chi connectivity index (χ0n) is 16.6. The molecule has 28 heavy (non-hydrogen) atoms. The van der Waals surface area contributed by atoms with Gasteiger partial charge in [-0.15, -0.1) is 0 Å². The summed E-state index contributed by atoms with van der Waals surface area (Å²) in [4.78, 5) is 20.2. The van der Waals surface area contributed by atoms with Gasteiger partial charge in [-0.1, -0.05) is 60.7 Å². The number of hydroxylamine groups is 2. The smallest absolute Gasteiger partial charge is 0.210 e. The molecule has 5 nitrogen and oxygen atoms in total. The van der Waals surface area contributed by atoms with Crippen molar-refractivity contribution in [2.24, 2.45) is 5.92 Å².